The molecule has 2 aromatic rings. The Morgan fingerprint density at radius 1 is 1.25 bits per heavy atom. The minimum Gasteiger partial charge on any atom is -0.353 e. The van der Waals surface area contributed by atoms with Crippen LogP contribution in [0.2, 0.25) is 0 Å². The van der Waals surface area contributed by atoms with Crippen LogP contribution in [-0.2, 0) is 21.2 Å². The average molecular weight is 347 g/mol. The Labute approximate surface area is 141 Å². The van der Waals surface area contributed by atoms with Gasteiger partial charge in [0.25, 0.3) is 0 Å². The fourth-order valence-electron chi connectivity index (χ4n) is 3.09. The normalized spacial score (nSPS) is 17.0. The third kappa shape index (κ3) is 3.91. The molecule has 3 rings (SSSR count). The maximum Gasteiger partial charge on any atom is 0.224 e. The van der Waals surface area contributed by atoms with Gasteiger partial charge in [0, 0.05) is 30.7 Å². The van der Waals surface area contributed by atoms with Gasteiger partial charge in [0.15, 0.2) is 0 Å². The fraction of sp³-hybridized carbons (Fsp3) is 0.412. The molecule has 0 radical (unpaired) electrons. The number of piperidine rings is 1. The number of benzene rings is 1. The number of rotatable bonds is 4. The van der Waals surface area contributed by atoms with Gasteiger partial charge >= 0.3 is 0 Å². The number of nitrogens with one attached hydrogen (secondary N) is 1. The van der Waals surface area contributed by atoms with Gasteiger partial charge in [-0.3, -0.25) is 9.78 Å². The van der Waals surface area contributed by atoms with E-state index in [0.717, 1.165) is 16.5 Å². The summed E-state index contributed by atoms with van der Waals surface area (Å²) in [5, 5.41) is 4.03. The molecule has 0 bridgehead atoms. The number of carbonyl (C=O) groups excluding carboxylic acids is 1. The van der Waals surface area contributed by atoms with Gasteiger partial charge in [0.05, 0.1) is 18.2 Å². The molecule has 2 heterocycles. The molecule has 0 saturated carbocycles. The molecular weight excluding hydrogens is 326 g/mol. The zero-order chi connectivity index (χ0) is 17.2. The van der Waals surface area contributed by atoms with E-state index in [0.29, 0.717) is 25.9 Å². The number of amides is 1. The lowest BCUT2D eigenvalue weighted by Gasteiger charge is -2.30. The first-order valence-electron chi connectivity index (χ1n) is 8.00. The first-order chi connectivity index (χ1) is 11.4. The second-order valence-corrected chi connectivity index (χ2v) is 8.16. The van der Waals surface area contributed by atoms with Gasteiger partial charge < -0.3 is 5.32 Å². The van der Waals surface area contributed by atoms with Crippen molar-refractivity contribution in [2.24, 2.45) is 0 Å². The molecule has 1 aliphatic rings. The number of hydrogen-bond acceptors (Lipinski definition) is 4. The van der Waals surface area contributed by atoms with Crippen LogP contribution in [0.25, 0.3) is 10.9 Å². The molecule has 1 aromatic carbocycles. The maximum absolute atomic E-state index is 12.3. The second-order valence-electron chi connectivity index (χ2n) is 6.17. The Bertz CT molecular complexity index is 838. The van der Waals surface area contributed by atoms with Crippen LogP contribution in [-0.4, -0.2) is 49.0 Å². The molecule has 1 N–H and O–H groups in total. The zero-order valence-electron chi connectivity index (χ0n) is 13.6. The first-order valence-corrected chi connectivity index (χ1v) is 9.85. The van der Waals surface area contributed by atoms with Crippen molar-refractivity contribution in [1.29, 1.82) is 0 Å². The van der Waals surface area contributed by atoms with Gasteiger partial charge in [-0.25, -0.2) is 12.7 Å². The molecule has 24 heavy (non-hydrogen) atoms. The van der Waals surface area contributed by atoms with E-state index in [-0.39, 0.29) is 18.4 Å². The van der Waals surface area contributed by atoms with Crippen molar-refractivity contribution in [2.75, 3.05) is 19.3 Å². The lowest BCUT2D eigenvalue weighted by atomic mass is 10.0. The van der Waals surface area contributed by atoms with E-state index in [4.69, 9.17) is 0 Å². The van der Waals surface area contributed by atoms with E-state index in [1.165, 1.54) is 10.6 Å². The first kappa shape index (κ1) is 16.9. The van der Waals surface area contributed by atoms with Crippen LogP contribution < -0.4 is 5.32 Å². The SMILES string of the molecule is CS(=O)(=O)N1CCC(NC(=O)Cc2cccc3cccnc23)CC1. The fourth-order valence-corrected chi connectivity index (χ4v) is 3.97. The molecule has 6 nitrogen and oxygen atoms in total. The number of nitrogens with zero attached hydrogens (tertiary/aromatic N) is 2. The van der Waals surface area contributed by atoms with Crippen molar-refractivity contribution in [3.8, 4) is 0 Å². The summed E-state index contributed by atoms with van der Waals surface area (Å²) in [6.07, 6.45) is 4.52. The van der Waals surface area contributed by atoms with Crippen molar-refractivity contribution in [3.05, 3.63) is 42.1 Å². The van der Waals surface area contributed by atoms with E-state index in [2.05, 4.69) is 10.3 Å². The Hall–Kier alpha value is -1.99. The van der Waals surface area contributed by atoms with E-state index < -0.39 is 10.0 Å². The van der Waals surface area contributed by atoms with E-state index in [9.17, 15) is 13.2 Å². The highest BCUT2D eigenvalue weighted by Crippen LogP contribution is 2.17. The van der Waals surface area contributed by atoms with E-state index in [1.807, 2.05) is 30.3 Å². The molecule has 7 heteroatoms. The number of aromatic nitrogens is 1. The molecule has 1 saturated heterocycles. The molecule has 0 atom stereocenters. The molecule has 1 amide bonds. The van der Waals surface area contributed by atoms with Crippen LogP contribution in [0.3, 0.4) is 0 Å². The van der Waals surface area contributed by atoms with Gasteiger partial charge in [-0.15, -0.1) is 0 Å². The van der Waals surface area contributed by atoms with Crippen molar-refractivity contribution >= 4 is 26.8 Å². The summed E-state index contributed by atoms with van der Waals surface area (Å²) in [5.74, 6) is -0.0500. The molecule has 0 spiro atoms. The van der Waals surface area contributed by atoms with Crippen LogP contribution in [0.5, 0.6) is 0 Å². The predicted molar refractivity (Wildman–Crippen MR) is 93.0 cm³/mol. The molecule has 1 aromatic heterocycles. The molecule has 1 fully saturated rings. The zero-order valence-corrected chi connectivity index (χ0v) is 14.4. The summed E-state index contributed by atoms with van der Waals surface area (Å²) in [4.78, 5) is 16.7. The predicted octanol–water partition coefficient (Wildman–Crippen LogP) is 1.32. The summed E-state index contributed by atoms with van der Waals surface area (Å²) in [5.41, 5.74) is 1.75. The van der Waals surface area contributed by atoms with Crippen LogP contribution in [0.15, 0.2) is 36.5 Å². The van der Waals surface area contributed by atoms with Crippen molar-refractivity contribution in [2.45, 2.75) is 25.3 Å². The third-order valence-corrected chi connectivity index (χ3v) is 5.66. The lowest BCUT2D eigenvalue weighted by Crippen LogP contribution is -2.46. The van der Waals surface area contributed by atoms with Gasteiger partial charge in [-0.1, -0.05) is 24.3 Å². The smallest absolute Gasteiger partial charge is 0.224 e. The summed E-state index contributed by atoms with van der Waals surface area (Å²) >= 11 is 0. The number of para-hydroxylation sites is 1. The van der Waals surface area contributed by atoms with Gasteiger partial charge in [-0.05, 0) is 24.5 Å². The highest BCUT2D eigenvalue weighted by Gasteiger charge is 2.25. The van der Waals surface area contributed by atoms with Gasteiger partial charge in [-0.2, -0.15) is 0 Å². The highest BCUT2D eigenvalue weighted by atomic mass is 32.2. The Kier molecular flexibility index (Phi) is 4.82. The van der Waals surface area contributed by atoms with Crippen molar-refractivity contribution in [3.63, 3.8) is 0 Å². The monoisotopic (exact) mass is 347 g/mol. The summed E-state index contributed by atoms with van der Waals surface area (Å²) in [6.45, 7) is 0.916. The Morgan fingerprint density at radius 2 is 1.96 bits per heavy atom. The number of hydrogen-bond donors (Lipinski definition) is 1. The van der Waals surface area contributed by atoms with Crippen LogP contribution in [0, 0.1) is 0 Å². The molecule has 128 valence electrons. The minimum atomic E-state index is -3.14. The maximum atomic E-state index is 12.3. The quantitative estimate of drug-likeness (QED) is 0.905. The van der Waals surface area contributed by atoms with Crippen molar-refractivity contribution < 1.29 is 13.2 Å². The Morgan fingerprint density at radius 3 is 2.67 bits per heavy atom. The van der Waals surface area contributed by atoms with E-state index in [1.54, 1.807) is 6.20 Å². The molecule has 1 aliphatic heterocycles. The lowest BCUT2D eigenvalue weighted by molar-refractivity contribution is -0.121. The van der Waals surface area contributed by atoms with Gasteiger partial charge in [0.2, 0.25) is 15.9 Å². The molecule has 0 aliphatic carbocycles. The van der Waals surface area contributed by atoms with Crippen LogP contribution in [0.1, 0.15) is 18.4 Å². The van der Waals surface area contributed by atoms with Crippen molar-refractivity contribution in [1.82, 2.24) is 14.6 Å². The second kappa shape index (κ2) is 6.86. The summed E-state index contributed by atoms with van der Waals surface area (Å²) in [6, 6.07) is 9.70. The highest BCUT2D eigenvalue weighted by molar-refractivity contribution is 7.88. The molecule has 0 unspecified atom stereocenters. The number of fused-ring (bicyclic) bond motifs is 1. The number of carbonyl (C=O) groups is 1. The topological polar surface area (TPSA) is 79.4 Å². The average Bonchev–Trinajstić information content (AvgIpc) is 2.55. The minimum absolute atomic E-state index is 0.0263. The standard InChI is InChI=1S/C17H21N3O3S/c1-24(22,23)20-10-7-15(8-11-20)19-16(21)12-14-5-2-4-13-6-3-9-18-17(13)14/h2-6,9,15H,7-8,10-12H2,1H3,(H,19,21). The largest absolute Gasteiger partial charge is 0.353 e. The van der Waals surface area contributed by atoms with Crippen LogP contribution >= 0.6 is 0 Å². The summed E-state index contributed by atoms with van der Waals surface area (Å²) in [7, 11) is -3.14. The van der Waals surface area contributed by atoms with E-state index >= 15 is 0 Å². The van der Waals surface area contributed by atoms with Gasteiger partial charge in [0.1, 0.15) is 0 Å². The summed E-state index contributed by atoms with van der Waals surface area (Å²) < 4.78 is 24.5. The Balaban J connectivity index is 1.60. The number of sulfonamides is 1. The molecular formula is C17H21N3O3S. The number of pyridine rings is 1. The van der Waals surface area contributed by atoms with Crippen LogP contribution in [0.4, 0.5) is 0 Å². The third-order valence-electron chi connectivity index (χ3n) is 4.36.